The monoisotopic (exact) mass is 380 g/mol. The van der Waals surface area contributed by atoms with Crippen molar-refractivity contribution in [3.05, 3.63) is 21.2 Å². The van der Waals surface area contributed by atoms with E-state index in [0.29, 0.717) is 0 Å². The van der Waals surface area contributed by atoms with Crippen molar-refractivity contribution < 1.29 is 0 Å². The fourth-order valence-corrected chi connectivity index (χ4v) is 1.56. The van der Waals surface area contributed by atoms with E-state index in [4.69, 9.17) is 92.8 Å². The summed E-state index contributed by atoms with van der Waals surface area (Å²) in [6.07, 6.45) is 0. The first-order valence-corrected chi connectivity index (χ1v) is 6.43. The number of hydrogen-bond donors (Lipinski definition) is 0. The Morgan fingerprint density at radius 1 is 0.750 bits per heavy atom. The molecule has 0 atom stereocenters. The van der Waals surface area contributed by atoms with Gasteiger partial charge in [-0.05, 0) is 0 Å². The molecule has 1 aromatic heterocycles. The van der Waals surface area contributed by atoms with Crippen molar-refractivity contribution in [2.45, 2.75) is 8.13 Å². The van der Waals surface area contributed by atoms with Crippen LogP contribution in [0.15, 0.2) is 0 Å². The van der Waals surface area contributed by atoms with E-state index in [1.807, 2.05) is 0 Å². The van der Waals surface area contributed by atoms with Gasteiger partial charge in [-0.1, -0.05) is 92.8 Å². The second-order valence-electron chi connectivity index (χ2n) is 2.51. The summed E-state index contributed by atoms with van der Waals surface area (Å²) in [4.78, 5) is 7.38. The van der Waals surface area contributed by atoms with Gasteiger partial charge >= 0.3 is 0 Å². The average Bonchev–Trinajstić information content (AvgIpc) is 2.11. The van der Waals surface area contributed by atoms with Crippen LogP contribution < -0.4 is 0 Å². The lowest BCUT2D eigenvalue weighted by Gasteiger charge is -2.25. The van der Waals surface area contributed by atoms with Crippen LogP contribution in [0.3, 0.4) is 0 Å². The molecule has 1 rings (SSSR count). The quantitative estimate of drug-likeness (QED) is 0.477. The van der Waals surface area contributed by atoms with Crippen molar-refractivity contribution in [2.75, 3.05) is 0 Å². The van der Waals surface area contributed by atoms with Crippen molar-refractivity contribution in [3.8, 4) is 0 Å². The molecule has 0 aliphatic carbocycles. The van der Waals surface area contributed by atoms with Gasteiger partial charge < -0.3 is 0 Å². The molecule has 0 saturated carbocycles. The van der Waals surface area contributed by atoms with E-state index in [1.54, 1.807) is 0 Å². The fraction of sp³-hybridized carbons (Fsp3) is 0.333. The maximum Gasteiger partial charge on any atom is 0.230 e. The van der Waals surface area contributed by atoms with Gasteiger partial charge in [0, 0.05) is 0 Å². The zero-order valence-electron chi connectivity index (χ0n) is 6.92. The van der Waals surface area contributed by atoms with Crippen LogP contribution >= 0.6 is 92.8 Å². The summed E-state index contributed by atoms with van der Waals surface area (Å²) >= 11 is 45.3. The van der Waals surface area contributed by atoms with E-state index in [1.165, 1.54) is 0 Å². The highest BCUT2D eigenvalue weighted by Crippen LogP contribution is 2.52. The Kier molecular flexibility index (Phi) is 5.00. The van der Waals surface area contributed by atoms with Crippen LogP contribution in [-0.4, -0.2) is 13.8 Å². The third kappa shape index (κ3) is 3.04. The summed E-state index contributed by atoms with van der Waals surface area (Å²) in [5.74, 6) is -0.254. The minimum atomic E-state index is -2.06. The highest BCUT2D eigenvalue weighted by atomic mass is 35.6. The Hall–Kier alpha value is 1.40. The Balaban J connectivity index is 3.35. The molecule has 0 aromatic carbocycles. The smallest absolute Gasteiger partial charge is 0.216 e. The summed E-state index contributed by atoms with van der Waals surface area (Å²) in [5, 5.41) is -0.325. The number of aromatic nitrogens is 2. The summed E-state index contributed by atoms with van der Waals surface area (Å²) in [7, 11) is 0. The highest BCUT2D eigenvalue weighted by molar-refractivity contribution is 6.75. The molecule has 0 aliphatic rings. The van der Waals surface area contributed by atoms with Gasteiger partial charge in [-0.25, -0.2) is 9.97 Å². The largest absolute Gasteiger partial charge is 0.230 e. The lowest BCUT2D eigenvalue weighted by molar-refractivity contribution is 0.784. The van der Waals surface area contributed by atoms with E-state index in [0.717, 1.165) is 0 Å². The summed E-state index contributed by atoms with van der Waals surface area (Å²) in [5.41, 5.74) is 0. The Morgan fingerprint density at radius 3 is 1.44 bits per heavy atom. The maximum atomic E-state index is 5.82. The minimum absolute atomic E-state index is 0.0412. The zero-order valence-corrected chi connectivity index (χ0v) is 13.0. The molecular weight excluding hydrogens is 384 g/mol. The predicted molar refractivity (Wildman–Crippen MR) is 70.7 cm³/mol. The lowest BCUT2D eigenvalue weighted by atomic mass is 10.4. The number of halogens is 8. The first-order valence-electron chi connectivity index (χ1n) is 3.41. The number of alkyl halides is 5. The van der Waals surface area contributed by atoms with Crippen molar-refractivity contribution in [2.24, 2.45) is 0 Å². The van der Waals surface area contributed by atoms with Crippen LogP contribution in [0.1, 0.15) is 5.82 Å². The van der Waals surface area contributed by atoms with Crippen LogP contribution in [0.4, 0.5) is 0 Å². The third-order valence-electron chi connectivity index (χ3n) is 1.41. The molecule has 90 valence electrons. The van der Waals surface area contributed by atoms with E-state index in [-0.39, 0.29) is 21.2 Å². The normalized spacial score (nSPS) is 13.0. The fourth-order valence-electron chi connectivity index (χ4n) is 0.661. The van der Waals surface area contributed by atoms with E-state index in [2.05, 4.69) is 9.97 Å². The molecule has 0 spiro atoms. The van der Waals surface area contributed by atoms with Gasteiger partial charge in [0.2, 0.25) is 8.13 Å². The highest BCUT2D eigenvalue weighted by Gasteiger charge is 2.50. The van der Waals surface area contributed by atoms with Crippen LogP contribution in [-0.2, 0) is 4.33 Å². The Morgan fingerprint density at radius 2 is 1.12 bits per heavy atom. The van der Waals surface area contributed by atoms with E-state index >= 15 is 0 Å². The molecule has 0 radical (unpaired) electrons. The summed E-state index contributed by atoms with van der Waals surface area (Å²) in [6.45, 7) is 0. The molecule has 0 saturated heterocycles. The van der Waals surface area contributed by atoms with Crippen LogP contribution in [0.25, 0.3) is 0 Å². The Bertz CT molecular complexity index is 388. The Labute approximate surface area is 131 Å². The third-order valence-corrected chi connectivity index (χ3v) is 4.84. The van der Waals surface area contributed by atoms with Gasteiger partial charge in [-0.3, -0.25) is 0 Å². The molecule has 0 N–H and O–H groups in total. The summed E-state index contributed by atoms with van der Waals surface area (Å²) in [6, 6.07) is 0. The topological polar surface area (TPSA) is 25.8 Å². The van der Waals surface area contributed by atoms with Crippen LogP contribution in [0.5, 0.6) is 0 Å². The molecule has 0 bridgehead atoms. The number of rotatable bonds is 1. The van der Waals surface area contributed by atoms with Gasteiger partial charge in [-0.15, -0.1) is 0 Å². The molecule has 0 amide bonds. The van der Waals surface area contributed by atoms with Crippen LogP contribution in [0, 0.1) is 0 Å². The minimum Gasteiger partial charge on any atom is -0.216 e. The standard InChI is InChI=1S/C6Cl8N2/c7-1-2(8)15-4(16-3(1)9)5(10,11)6(12,13)14. The predicted octanol–water partition coefficient (Wildman–Crippen LogP) is 5.44. The molecule has 0 aliphatic heterocycles. The van der Waals surface area contributed by atoms with E-state index < -0.39 is 8.13 Å². The van der Waals surface area contributed by atoms with Crippen LogP contribution in [0.2, 0.25) is 15.3 Å². The summed E-state index contributed by atoms with van der Waals surface area (Å²) < 4.78 is -4.06. The first kappa shape index (κ1) is 15.5. The molecule has 1 heterocycles. The average molecular weight is 384 g/mol. The molecule has 1 aromatic rings. The second-order valence-corrected chi connectivity index (χ2v) is 7.22. The van der Waals surface area contributed by atoms with Gasteiger partial charge in [0.15, 0.2) is 16.1 Å². The van der Waals surface area contributed by atoms with Crippen molar-refractivity contribution in [1.82, 2.24) is 9.97 Å². The van der Waals surface area contributed by atoms with Gasteiger partial charge in [0.25, 0.3) is 0 Å². The SMILES string of the molecule is Clc1nc(C(Cl)(Cl)C(Cl)(Cl)Cl)nc(Cl)c1Cl. The first-order chi connectivity index (χ1) is 7.07. The molecule has 0 unspecified atom stereocenters. The lowest BCUT2D eigenvalue weighted by Crippen LogP contribution is -2.30. The second kappa shape index (κ2) is 5.18. The number of nitrogens with zero attached hydrogens (tertiary/aromatic N) is 2. The number of hydrogen-bond acceptors (Lipinski definition) is 2. The van der Waals surface area contributed by atoms with Gasteiger partial charge in [-0.2, -0.15) is 0 Å². The maximum absolute atomic E-state index is 5.82. The molecule has 10 heteroatoms. The van der Waals surface area contributed by atoms with Crippen molar-refractivity contribution in [1.29, 1.82) is 0 Å². The van der Waals surface area contributed by atoms with Gasteiger partial charge in [0.1, 0.15) is 5.02 Å². The zero-order chi connectivity index (χ0) is 12.7. The van der Waals surface area contributed by atoms with Crippen molar-refractivity contribution >= 4 is 92.8 Å². The van der Waals surface area contributed by atoms with E-state index in [9.17, 15) is 0 Å². The molecule has 0 fully saturated rings. The van der Waals surface area contributed by atoms with Crippen molar-refractivity contribution in [3.63, 3.8) is 0 Å². The molecular formula is C6Cl8N2. The molecule has 2 nitrogen and oxygen atoms in total. The molecule has 16 heavy (non-hydrogen) atoms. The van der Waals surface area contributed by atoms with Gasteiger partial charge in [0.05, 0.1) is 0 Å².